The first-order valence-corrected chi connectivity index (χ1v) is 8.22. The van der Waals surface area contributed by atoms with Crippen LogP contribution in [0.15, 0.2) is 17.5 Å². The van der Waals surface area contributed by atoms with Crippen LogP contribution in [-0.2, 0) is 14.7 Å². The van der Waals surface area contributed by atoms with E-state index in [1.54, 1.807) is 41.5 Å². The lowest BCUT2D eigenvalue weighted by atomic mass is 9.98. The summed E-state index contributed by atoms with van der Waals surface area (Å²) in [4.78, 5) is 0.738. The van der Waals surface area contributed by atoms with Crippen LogP contribution in [0.5, 0.6) is 0 Å². The Kier molecular flexibility index (Phi) is 4.66. The molecule has 6 nitrogen and oxygen atoms in total. The van der Waals surface area contributed by atoms with Crippen molar-refractivity contribution in [3.63, 3.8) is 0 Å². The van der Waals surface area contributed by atoms with E-state index in [-0.39, 0.29) is 12.2 Å². The van der Waals surface area contributed by atoms with Crippen LogP contribution in [0.1, 0.15) is 46.4 Å². The van der Waals surface area contributed by atoms with E-state index in [2.05, 4.69) is 0 Å². The maximum atomic E-state index is 13.0. The van der Waals surface area contributed by atoms with E-state index in [4.69, 9.17) is 9.47 Å². The summed E-state index contributed by atoms with van der Waals surface area (Å²) in [6.07, 6.45) is -0.685. The Balaban J connectivity index is 2.62. The smallest absolute Gasteiger partial charge is 0.496 e. The second kappa shape index (κ2) is 5.90. The summed E-state index contributed by atoms with van der Waals surface area (Å²) in [7, 11) is 0. The first-order chi connectivity index (χ1) is 10.1. The highest BCUT2D eigenvalue weighted by molar-refractivity contribution is 7.12. The van der Waals surface area contributed by atoms with Crippen molar-refractivity contribution in [1.29, 1.82) is 0 Å². The standard InChI is InChI=1S/C15H23N2O4S/c1-10(2)20-15(21-11(3)4)16(18)13(12-8-7-9-22-12)14(5,6)17(15)19/h7-11H,1-6H3. The number of ether oxygens (including phenoxy) is 2. The molecule has 0 saturated carbocycles. The van der Waals surface area contributed by atoms with Gasteiger partial charge in [0.1, 0.15) is 5.54 Å². The number of hydrogen-bond acceptors (Lipinski definition) is 5. The number of nitrogens with zero attached hydrogens (tertiary/aromatic N) is 2. The molecule has 1 radical (unpaired) electrons. The summed E-state index contributed by atoms with van der Waals surface area (Å²) < 4.78 is 12.0. The lowest BCUT2D eigenvalue weighted by Crippen LogP contribution is -2.59. The summed E-state index contributed by atoms with van der Waals surface area (Å²) in [6, 6.07) is 1.67. The van der Waals surface area contributed by atoms with Gasteiger partial charge in [-0.05, 0) is 58.1 Å². The van der Waals surface area contributed by atoms with Gasteiger partial charge in [-0.2, -0.15) is 0 Å². The van der Waals surface area contributed by atoms with Crippen molar-refractivity contribution in [1.82, 2.24) is 5.06 Å². The third kappa shape index (κ3) is 2.68. The highest BCUT2D eigenvalue weighted by Gasteiger charge is 2.67. The molecule has 0 aliphatic carbocycles. The highest BCUT2D eigenvalue weighted by Crippen LogP contribution is 2.39. The number of hydrogen-bond donors (Lipinski definition) is 0. The Morgan fingerprint density at radius 1 is 1.23 bits per heavy atom. The molecule has 0 fully saturated rings. The minimum atomic E-state index is -1.99. The van der Waals surface area contributed by atoms with Gasteiger partial charge in [-0.25, -0.2) is 0 Å². The zero-order valence-electron chi connectivity index (χ0n) is 13.8. The second-order valence-electron chi connectivity index (χ2n) is 6.36. The van der Waals surface area contributed by atoms with Crippen molar-refractivity contribution in [3.05, 3.63) is 27.6 Å². The second-order valence-corrected chi connectivity index (χ2v) is 7.30. The van der Waals surface area contributed by atoms with Crippen molar-refractivity contribution < 1.29 is 19.4 Å². The van der Waals surface area contributed by atoms with E-state index in [9.17, 15) is 10.4 Å². The van der Waals surface area contributed by atoms with E-state index in [0.29, 0.717) is 15.5 Å². The largest absolute Gasteiger partial charge is 0.618 e. The van der Waals surface area contributed by atoms with Crippen LogP contribution in [-0.4, -0.2) is 39.3 Å². The van der Waals surface area contributed by atoms with E-state index >= 15 is 0 Å². The lowest BCUT2D eigenvalue weighted by molar-refractivity contribution is -0.733. The van der Waals surface area contributed by atoms with Gasteiger partial charge in [0.2, 0.25) is 5.71 Å². The fourth-order valence-electron chi connectivity index (χ4n) is 2.57. The van der Waals surface area contributed by atoms with Gasteiger partial charge in [0.15, 0.2) is 0 Å². The zero-order valence-corrected chi connectivity index (χ0v) is 14.6. The van der Waals surface area contributed by atoms with Gasteiger partial charge in [0, 0.05) is 0 Å². The van der Waals surface area contributed by atoms with Gasteiger partial charge in [0.25, 0.3) is 0 Å². The van der Waals surface area contributed by atoms with E-state index < -0.39 is 11.6 Å². The van der Waals surface area contributed by atoms with Gasteiger partial charge in [0.05, 0.1) is 17.1 Å². The van der Waals surface area contributed by atoms with Crippen molar-refractivity contribution in [3.8, 4) is 0 Å². The van der Waals surface area contributed by atoms with Crippen LogP contribution < -0.4 is 0 Å². The molecule has 0 N–H and O–H groups in total. The Morgan fingerprint density at radius 2 is 1.77 bits per heavy atom. The number of thiophene rings is 1. The molecule has 1 aliphatic heterocycles. The molecule has 0 saturated heterocycles. The molecule has 1 aromatic rings. The van der Waals surface area contributed by atoms with Gasteiger partial charge < -0.3 is 5.21 Å². The lowest BCUT2D eigenvalue weighted by Gasteiger charge is -2.34. The third-order valence-corrected chi connectivity index (χ3v) is 4.21. The Hall–Kier alpha value is -0.990. The van der Waals surface area contributed by atoms with Gasteiger partial charge in [-0.15, -0.1) is 21.3 Å². The molecule has 0 aromatic carbocycles. The maximum Gasteiger partial charge on any atom is 0.496 e. The molecule has 1 aliphatic rings. The average molecular weight is 327 g/mol. The molecule has 22 heavy (non-hydrogen) atoms. The fourth-order valence-corrected chi connectivity index (χ4v) is 3.48. The quantitative estimate of drug-likeness (QED) is 0.474. The monoisotopic (exact) mass is 327 g/mol. The van der Waals surface area contributed by atoms with Crippen molar-refractivity contribution in [2.75, 3.05) is 0 Å². The Morgan fingerprint density at radius 3 is 2.18 bits per heavy atom. The molecule has 7 heteroatoms. The minimum Gasteiger partial charge on any atom is -0.618 e. The molecule has 0 atom stereocenters. The predicted octanol–water partition coefficient (Wildman–Crippen LogP) is 2.95. The highest BCUT2D eigenvalue weighted by atomic mass is 32.1. The van der Waals surface area contributed by atoms with Crippen LogP contribution in [0.3, 0.4) is 0 Å². The fraction of sp³-hybridized carbons (Fsp3) is 0.667. The molecule has 123 valence electrons. The predicted molar refractivity (Wildman–Crippen MR) is 83.8 cm³/mol. The molecule has 0 amide bonds. The SMILES string of the molecule is CC(C)OC1(OC(C)C)N([O])C(C)(C)C(c2cccs2)=[N+]1[O-]. The average Bonchev–Trinajstić information content (AvgIpc) is 2.92. The zero-order chi connectivity index (χ0) is 16.7. The van der Waals surface area contributed by atoms with E-state index in [1.165, 1.54) is 11.3 Å². The maximum absolute atomic E-state index is 13.0. The summed E-state index contributed by atoms with van der Waals surface area (Å²) in [5.74, 6) is 0. The van der Waals surface area contributed by atoms with E-state index in [0.717, 1.165) is 4.88 Å². The molecular weight excluding hydrogens is 304 g/mol. The molecule has 0 spiro atoms. The van der Waals surface area contributed by atoms with Crippen LogP contribution in [0, 0.1) is 5.21 Å². The van der Waals surface area contributed by atoms with Crippen molar-refractivity contribution in [2.24, 2.45) is 0 Å². The van der Waals surface area contributed by atoms with Crippen molar-refractivity contribution >= 4 is 17.0 Å². The molecule has 0 bridgehead atoms. The molecule has 1 aromatic heterocycles. The van der Waals surface area contributed by atoms with Crippen LogP contribution in [0.4, 0.5) is 0 Å². The Bertz CT molecular complexity index is 542. The van der Waals surface area contributed by atoms with Crippen LogP contribution >= 0.6 is 11.3 Å². The molecule has 2 heterocycles. The summed E-state index contributed by atoms with van der Waals surface area (Å²) in [5.41, 5.74) is -0.699. The third-order valence-electron chi connectivity index (χ3n) is 3.34. The van der Waals surface area contributed by atoms with E-state index in [1.807, 2.05) is 17.5 Å². The summed E-state index contributed by atoms with van der Waals surface area (Å²) in [6.45, 7) is 10.5. The van der Waals surface area contributed by atoms with Crippen molar-refractivity contribution in [2.45, 2.75) is 65.3 Å². The number of rotatable bonds is 5. The van der Waals surface area contributed by atoms with Gasteiger partial charge in [-0.3, -0.25) is 9.47 Å². The van der Waals surface area contributed by atoms with Gasteiger partial charge >= 0.3 is 6.03 Å². The topological polar surface area (TPSA) is 67.7 Å². The molecular formula is C15H23N2O4S. The first-order valence-electron chi connectivity index (χ1n) is 7.34. The summed E-state index contributed by atoms with van der Waals surface area (Å²) >= 11 is 1.41. The first kappa shape index (κ1) is 17.4. The minimum absolute atomic E-state index is 0.342. The normalized spacial score (nSPS) is 21.3. The Labute approximate surface area is 135 Å². The van der Waals surface area contributed by atoms with Crippen LogP contribution in [0.2, 0.25) is 0 Å². The number of hydroxylamine groups is 3. The molecule has 2 rings (SSSR count). The molecule has 0 unspecified atom stereocenters. The summed E-state index contributed by atoms with van der Waals surface area (Å²) in [5, 5.41) is 28.5. The van der Waals surface area contributed by atoms with Crippen LogP contribution in [0.25, 0.3) is 0 Å². The van der Waals surface area contributed by atoms with Gasteiger partial charge in [-0.1, -0.05) is 6.07 Å².